The minimum Gasteiger partial charge on any atom is -0.495 e. The molecule has 0 radical (unpaired) electrons. The first kappa shape index (κ1) is 19.3. The quantitative estimate of drug-likeness (QED) is 0.820. The predicted octanol–water partition coefficient (Wildman–Crippen LogP) is 3.58. The van der Waals surface area contributed by atoms with E-state index in [-0.39, 0.29) is 6.03 Å². The molecule has 1 heterocycles. The highest BCUT2D eigenvalue weighted by atomic mass is 35.5. The van der Waals surface area contributed by atoms with E-state index in [2.05, 4.69) is 10.2 Å². The summed E-state index contributed by atoms with van der Waals surface area (Å²) in [6.07, 6.45) is 0. The smallest absolute Gasteiger partial charge is 0.321 e. The van der Waals surface area contributed by atoms with Crippen molar-refractivity contribution in [3.8, 4) is 11.5 Å². The Kier molecular flexibility index (Phi) is 6.79. The Bertz CT molecular complexity index is 749. The number of nitrogens with zero attached hydrogens (tertiary/aromatic N) is 2. The second-order valence-corrected chi connectivity index (χ2v) is 6.68. The summed E-state index contributed by atoms with van der Waals surface area (Å²) in [6, 6.07) is 14.9. The number of carbonyl (C=O) groups is 1. The van der Waals surface area contributed by atoms with E-state index >= 15 is 0 Å². The van der Waals surface area contributed by atoms with Crippen LogP contribution in [0.2, 0.25) is 5.02 Å². The van der Waals surface area contributed by atoms with E-state index < -0.39 is 0 Å². The number of anilines is 1. The summed E-state index contributed by atoms with van der Waals surface area (Å²) in [5, 5.41) is 3.36. The number of amides is 2. The number of rotatable bonds is 6. The number of carbonyl (C=O) groups excluding carboxylic acids is 1. The summed E-state index contributed by atoms with van der Waals surface area (Å²) in [6.45, 7) is 4.50. The molecule has 1 saturated heterocycles. The van der Waals surface area contributed by atoms with Gasteiger partial charge in [0.1, 0.15) is 18.1 Å². The van der Waals surface area contributed by atoms with E-state index in [1.807, 2.05) is 35.2 Å². The lowest BCUT2D eigenvalue weighted by Crippen LogP contribution is -2.50. The third-order valence-corrected chi connectivity index (χ3v) is 4.78. The zero-order valence-electron chi connectivity index (χ0n) is 15.4. The molecule has 27 heavy (non-hydrogen) atoms. The van der Waals surface area contributed by atoms with Crippen LogP contribution in [0.4, 0.5) is 10.5 Å². The van der Waals surface area contributed by atoms with Gasteiger partial charge in [-0.15, -0.1) is 0 Å². The summed E-state index contributed by atoms with van der Waals surface area (Å²) >= 11 is 6.10. The topological polar surface area (TPSA) is 54.0 Å². The molecule has 2 aromatic rings. The molecule has 1 fully saturated rings. The third-order valence-electron chi connectivity index (χ3n) is 4.48. The molecule has 1 aliphatic rings. The zero-order chi connectivity index (χ0) is 19.1. The van der Waals surface area contributed by atoms with Crippen LogP contribution in [0, 0.1) is 0 Å². The number of nitrogens with one attached hydrogen (secondary N) is 1. The highest BCUT2D eigenvalue weighted by Crippen LogP contribution is 2.27. The fourth-order valence-electron chi connectivity index (χ4n) is 2.93. The Morgan fingerprint density at radius 3 is 2.52 bits per heavy atom. The molecule has 0 aliphatic carbocycles. The maximum absolute atomic E-state index is 12.4. The van der Waals surface area contributed by atoms with Gasteiger partial charge in [0.2, 0.25) is 0 Å². The molecular weight excluding hydrogens is 366 g/mol. The first-order chi connectivity index (χ1) is 13.2. The molecule has 2 aromatic carbocycles. The number of piperazine rings is 1. The number of hydrogen-bond acceptors (Lipinski definition) is 4. The van der Waals surface area contributed by atoms with E-state index in [0.717, 1.165) is 25.4 Å². The fourth-order valence-corrected chi connectivity index (χ4v) is 3.19. The molecule has 3 rings (SSSR count). The first-order valence-electron chi connectivity index (χ1n) is 8.95. The number of para-hydroxylation sites is 1. The van der Waals surface area contributed by atoms with Crippen molar-refractivity contribution in [2.45, 2.75) is 0 Å². The van der Waals surface area contributed by atoms with Crippen LogP contribution in [-0.2, 0) is 0 Å². The number of halogens is 1. The van der Waals surface area contributed by atoms with Crippen molar-refractivity contribution in [1.82, 2.24) is 9.80 Å². The summed E-state index contributed by atoms with van der Waals surface area (Å²) in [5.41, 5.74) is 0.657. The molecule has 1 aliphatic heterocycles. The molecule has 144 valence electrons. The summed E-state index contributed by atoms with van der Waals surface area (Å²) in [7, 11) is 1.56. The van der Waals surface area contributed by atoms with Gasteiger partial charge in [0.15, 0.2) is 0 Å². The fraction of sp³-hybridized carbons (Fsp3) is 0.350. The minimum absolute atomic E-state index is 0.114. The van der Waals surface area contributed by atoms with E-state index in [4.69, 9.17) is 21.1 Å². The van der Waals surface area contributed by atoms with Crippen molar-refractivity contribution in [3.63, 3.8) is 0 Å². The average molecular weight is 390 g/mol. The van der Waals surface area contributed by atoms with Crippen LogP contribution < -0.4 is 14.8 Å². The molecule has 0 atom stereocenters. The van der Waals surface area contributed by atoms with Crippen LogP contribution in [0.5, 0.6) is 11.5 Å². The van der Waals surface area contributed by atoms with Gasteiger partial charge in [-0.25, -0.2) is 4.79 Å². The summed E-state index contributed by atoms with van der Waals surface area (Å²) in [5.74, 6) is 1.47. The standard InChI is InChI=1S/C20H24ClN3O3/c1-26-19-8-7-16(15-18(19)21)22-20(25)24-11-9-23(10-12-24)13-14-27-17-5-3-2-4-6-17/h2-8,15H,9-14H2,1H3,(H,22,25). The second kappa shape index (κ2) is 9.48. The van der Waals surface area contributed by atoms with Crippen LogP contribution in [-0.4, -0.2) is 62.3 Å². The van der Waals surface area contributed by atoms with Crippen molar-refractivity contribution < 1.29 is 14.3 Å². The van der Waals surface area contributed by atoms with Gasteiger partial charge in [0.05, 0.1) is 12.1 Å². The van der Waals surface area contributed by atoms with Crippen LogP contribution >= 0.6 is 11.6 Å². The number of urea groups is 1. The van der Waals surface area contributed by atoms with Gasteiger partial charge in [-0.3, -0.25) is 4.90 Å². The summed E-state index contributed by atoms with van der Waals surface area (Å²) < 4.78 is 10.9. The lowest BCUT2D eigenvalue weighted by atomic mass is 10.3. The molecule has 1 N–H and O–H groups in total. The Morgan fingerprint density at radius 1 is 1.11 bits per heavy atom. The first-order valence-corrected chi connectivity index (χ1v) is 9.33. The lowest BCUT2D eigenvalue weighted by molar-refractivity contribution is 0.132. The Labute approximate surface area is 164 Å². The molecule has 2 amide bonds. The molecule has 0 bridgehead atoms. The third kappa shape index (κ3) is 5.52. The largest absolute Gasteiger partial charge is 0.495 e. The molecular formula is C20H24ClN3O3. The van der Waals surface area contributed by atoms with Gasteiger partial charge in [-0.2, -0.15) is 0 Å². The molecule has 0 saturated carbocycles. The predicted molar refractivity (Wildman–Crippen MR) is 107 cm³/mol. The second-order valence-electron chi connectivity index (χ2n) is 6.27. The number of methoxy groups -OCH3 is 1. The number of hydrogen-bond donors (Lipinski definition) is 1. The highest BCUT2D eigenvalue weighted by Gasteiger charge is 2.21. The van der Waals surface area contributed by atoms with Crippen molar-refractivity contribution in [1.29, 1.82) is 0 Å². The van der Waals surface area contributed by atoms with Crippen LogP contribution in [0.15, 0.2) is 48.5 Å². The van der Waals surface area contributed by atoms with E-state index in [1.54, 1.807) is 25.3 Å². The SMILES string of the molecule is COc1ccc(NC(=O)N2CCN(CCOc3ccccc3)CC2)cc1Cl. The van der Waals surface area contributed by atoms with Crippen LogP contribution in [0.3, 0.4) is 0 Å². The van der Waals surface area contributed by atoms with Crippen molar-refractivity contribution in [2.24, 2.45) is 0 Å². The van der Waals surface area contributed by atoms with Crippen LogP contribution in [0.1, 0.15) is 0 Å². The number of ether oxygens (including phenoxy) is 2. The molecule has 7 heteroatoms. The highest BCUT2D eigenvalue weighted by molar-refractivity contribution is 6.32. The van der Waals surface area contributed by atoms with Gasteiger partial charge >= 0.3 is 6.03 Å². The minimum atomic E-state index is -0.114. The van der Waals surface area contributed by atoms with Crippen LogP contribution in [0.25, 0.3) is 0 Å². The average Bonchev–Trinajstić information content (AvgIpc) is 2.69. The van der Waals surface area contributed by atoms with Gasteiger partial charge in [-0.05, 0) is 30.3 Å². The van der Waals surface area contributed by atoms with Gasteiger partial charge in [0.25, 0.3) is 0 Å². The number of benzene rings is 2. The molecule has 6 nitrogen and oxygen atoms in total. The molecule has 0 aromatic heterocycles. The van der Waals surface area contributed by atoms with Crippen molar-refractivity contribution in [3.05, 3.63) is 53.6 Å². The van der Waals surface area contributed by atoms with Crippen molar-refractivity contribution in [2.75, 3.05) is 51.8 Å². The van der Waals surface area contributed by atoms with Crippen molar-refractivity contribution >= 4 is 23.3 Å². The normalized spacial score (nSPS) is 14.7. The summed E-state index contributed by atoms with van der Waals surface area (Å²) in [4.78, 5) is 16.6. The zero-order valence-corrected chi connectivity index (χ0v) is 16.1. The Balaban J connectivity index is 1.40. The van der Waals surface area contributed by atoms with E-state index in [9.17, 15) is 4.79 Å². The van der Waals surface area contributed by atoms with Gasteiger partial charge < -0.3 is 19.7 Å². The maximum Gasteiger partial charge on any atom is 0.321 e. The monoisotopic (exact) mass is 389 g/mol. The molecule has 0 spiro atoms. The maximum atomic E-state index is 12.4. The van der Waals surface area contributed by atoms with E-state index in [0.29, 0.717) is 36.2 Å². The Hall–Kier alpha value is -2.44. The van der Waals surface area contributed by atoms with Gasteiger partial charge in [0, 0.05) is 38.4 Å². The lowest BCUT2D eigenvalue weighted by Gasteiger charge is -2.34. The Morgan fingerprint density at radius 2 is 1.85 bits per heavy atom. The molecule has 0 unspecified atom stereocenters. The van der Waals surface area contributed by atoms with E-state index in [1.165, 1.54) is 0 Å². The van der Waals surface area contributed by atoms with Gasteiger partial charge in [-0.1, -0.05) is 29.8 Å².